The fourth-order valence-corrected chi connectivity index (χ4v) is 4.17. The van der Waals surface area contributed by atoms with Crippen LogP contribution in [0.25, 0.3) is 11.0 Å². The smallest absolute Gasteiger partial charge is 0.242 e. The molecule has 0 aliphatic carbocycles. The van der Waals surface area contributed by atoms with Gasteiger partial charge in [-0.2, -0.15) is 0 Å². The summed E-state index contributed by atoms with van der Waals surface area (Å²) >= 11 is 0. The predicted molar refractivity (Wildman–Crippen MR) is 134 cm³/mol. The largest absolute Gasteiger partial charge is 0.380 e. The van der Waals surface area contributed by atoms with Gasteiger partial charge >= 0.3 is 0 Å². The van der Waals surface area contributed by atoms with Crippen molar-refractivity contribution in [2.45, 2.75) is 6.92 Å². The van der Waals surface area contributed by atoms with E-state index in [0.717, 1.165) is 0 Å². The van der Waals surface area contributed by atoms with Gasteiger partial charge in [0.25, 0.3) is 0 Å². The van der Waals surface area contributed by atoms with Gasteiger partial charge in [-0.05, 0) is 23.6 Å². The molecule has 0 aliphatic heterocycles. The first-order valence-electron chi connectivity index (χ1n) is 10.7. The molecule has 4 aromatic rings. The summed E-state index contributed by atoms with van der Waals surface area (Å²) in [6, 6.07) is 41.0. The van der Waals surface area contributed by atoms with Crippen molar-refractivity contribution in [2.75, 3.05) is 13.7 Å². The van der Waals surface area contributed by atoms with E-state index in [-0.39, 0.29) is 6.71 Å². The molecule has 2 heteroatoms. The predicted octanol–water partition coefficient (Wildman–Crippen LogP) is 5.40. The van der Waals surface area contributed by atoms with Crippen molar-refractivity contribution in [1.82, 2.24) is 0 Å². The Balaban J connectivity index is 2.04. The highest BCUT2D eigenvalue weighted by molar-refractivity contribution is 7.00. The molecule has 4 rings (SSSR count). The fourth-order valence-electron chi connectivity index (χ4n) is 4.17. The van der Waals surface area contributed by atoms with Crippen molar-refractivity contribution in [2.24, 2.45) is 0 Å². The molecule has 0 N–H and O–H groups in total. The first kappa shape index (κ1) is 20.9. The van der Waals surface area contributed by atoms with E-state index in [4.69, 9.17) is 4.74 Å². The average molecular weight is 402 g/mol. The monoisotopic (exact) mass is 402 g/mol. The van der Waals surface area contributed by atoms with Gasteiger partial charge in [0.15, 0.2) is 0 Å². The Kier molecular flexibility index (Phi) is 6.81. The summed E-state index contributed by atoms with van der Waals surface area (Å²) < 4.78 is 5.76. The van der Waals surface area contributed by atoms with E-state index in [1.165, 1.54) is 38.7 Å². The van der Waals surface area contributed by atoms with E-state index in [1.807, 2.05) is 0 Å². The minimum Gasteiger partial charge on any atom is -0.380 e. The van der Waals surface area contributed by atoms with Crippen LogP contribution in [0, 0.1) is 6.92 Å². The topological polar surface area (TPSA) is 9.23 Å². The summed E-state index contributed by atoms with van der Waals surface area (Å²) in [4.78, 5) is 0. The van der Waals surface area contributed by atoms with Crippen molar-refractivity contribution in [3.8, 4) is 0 Å². The summed E-state index contributed by atoms with van der Waals surface area (Å²) in [7, 11) is 1.77. The molecule has 0 aliphatic rings. The molecular formula is C29H27BO. The lowest BCUT2D eigenvalue weighted by atomic mass is 9.34. The molecule has 4 aromatic carbocycles. The van der Waals surface area contributed by atoms with E-state index < -0.39 is 0 Å². The van der Waals surface area contributed by atoms with Gasteiger partial charge in [0.05, 0.1) is 6.61 Å². The Labute approximate surface area is 186 Å². The van der Waals surface area contributed by atoms with Crippen molar-refractivity contribution in [3.63, 3.8) is 0 Å². The van der Waals surface area contributed by atoms with Gasteiger partial charge in [-0.1, -0.05) is 137 Å². The van der Waals surface area contributed by atoms with Crippen LogP contribution in [0.15, 0.2) is 115 Å². The SMILES string of the molecule is COC/C(=C(\B(c1ccccc1)c1ccccc1)c1ccccc1)c1ccc(C)cc1. The third kappa shape index (κ3) is 4.87. The van der Waals surface area contributed by atoms with Crippen LogP contribution in [0.3, 0.4) is 0 Å². The van der Waals surface area contributed by atoms with Crippen LogP contribution < -0.4 is 10.9 Å². The molecule has 1 nitrogen and oxygen atoms in total. The van der Waals surface area contributed by atoms with Crippen LogP contribution >= 0.6 is 0 Å². The number of hydrogen-bond donors (Lipinski definition) is 0. The number of ether oxygens (including phenoxy) is 1. The second-order valence-electron chi connectivity index (χ2n) is 7.81. The van der Waals surface area contributed by atoms with Gasteiger partial charge in [0.2, 0.25) is 6.71 Å². The normalized spacial score (nSPS) is 11.7. The minimum absolute atomic E-state index is 0.0938. The highest BCUT2D eigenvalue weighted by Crippen LogP contribution is 2.29. The van der Waals surface area contributed by atoms with E-state index in [0.29, 0.717) is 6.61 Å². The molecule has 0 bridgehead atoms. The number of hydrogen-bond acceptors (Lipinski definition) is 1. The first-order chi connectivity index (χ1) is 15.3. The molecule has 0 amide bonds. The first-order valence-corrected chi connectivity index (χ1v) is 10.7. The van der Waals surface area contributed by atoms with E-state index in [1.54, 1.807) is 7.11 Å². The summed E-state index contributed by atoms with van der Waals surface area (Å²) in [5.41, 5.74) is 8.71. The van der Waals surface area contributed by atoms with Crippen LogP contribution in [-0.2, 0) is 4.74 Å². The zero-order chi connectivity index (χ0) is 21.5. The maximum atomic E-state index is 5.76. The van der Waals surface area contributed by atoms with Crippen LogP contribution in [-0.4, -0.2) is 20.4 Å². The van der Waals surface area contributed by atoms with Crippen molar-refractivity contribution in [3.05, 3.63) is 132 Å². The molecule has 0 aromatic heterocycles. The lowest BCUT2D eigenvalue weighted by Gasteiger charge is -2.24. The highest BCUT2D eigenvalue weighted by Gasteiger charge is 2.28. The van der Waals surface area contributed by atoms with Gasteiger partial charge in [-0.15, -0.1) is 0 Å². The average Bonchev–Trinajstić information content (AvgIpc) is 2.84. The third-order valence-electron chi connectivity index (χ3n) is 5.65. The highest BCUT2D eigenvalue weighted by atomic mass is 16.5. The summed E-state index contributed by atoms with van der Waals surface area (Å²) in [6.07, 6.45) is 0. The maximum absolute atomic E-state index is 5.76. The Hall–Kier alpha value is -3.36. The van der Waals surface area contributed by atoms with Crippen molar-refractivity contribution < 1.29 is 4.74 Å². The van der Waals surface area contributed by atoms with Crippen LogP contribution in [0.2, 0.25) is 0 Å². The molecule has 152 valence electrons. The Bertz CT molecular complexity index is 1080. The van der Waals surface area contributed by atoms with E-state index in [9.17, 15) is 0 Å². The quantitative estimate of drug-likeness (QED) is 0.297. The van der Waals surface area contributed by atoms with Crippen LogP contribution in [0.1, 0.15) is 16.7 Å². The minimum atomic E-state index is 0.0938. The lowest BCUT2D eigenvalue weighted by Crippen LogP contribution is -2.44. The second-order valence-corrected chi connectivity index (χ2v) is 7.81. The fraction of sp³-hybridized carbons (Fsp3) is 0.103. The van der Waals surface area contributed by atoms with Gasteiger partial charge < -0.3 is 4.74 Å². The Morgan fingerprint density at radius 2 is 1.10 bits per heavy atom. The summed E-state index contributed by atoms with van der Waals surface area (Å²) in [5, 5.41) is 0. The molecule has 0 atom stereocenters. The van der Waals surface area contributed by atoms with Gasteiger partial charge in [0, 0.05) is 7.11 Å². The Morgan fingerprint density at radius 3 is 1.58 bits per heavy atom. The van der Waals surface area contributed by atoms with Crippen LogP contribution in [0.4, 0.5) is 0 Å². The molecule has 0 spiro atoms. The summed E-state index contributed by atoms with van der Waals surface area (Å²) in [5.74, 6) is 0. The lowest BCUT2D eigenvalue weighted by molar-refractivity contribution is 0.240. The van der Waals surface area contributed by atoms with Gasteiger partial charge in [-0.25, -0.2) is 0 Å². The molecular weight excluding hydrogens is 375 g/mol. The van der Waals surface area contributed by atoms with E-state index in [2.05, 4.69) is 122 Å². The Morgan fingerprint density at radius 1 is 0.613 bits per heavy atom. The zero-order valence-corrected chi connectivity index (χ0v) is 18.2. The van der Waals surface area contributed by atoms with Gasteiger partial charge in [-0.3, -0.25) is 0 Å². The molecule has 0 radical (unpaired) electrons. The van der Waals surface area contributed by atoms with Crippen molar-refractivity contribution in [1.29, 1.82) is 0 Å². The summed E-state index contributed by atoms with van der Waals surface area (Å²) in [6.45, 7) is 2.76. The number of methoxy groups -OCH3 is 1. The number of benzene rings is 4. The van der Waals surface area contributed by atoms with Crippen molar-refractivity contribution >= 4 is 28.7 Å². The van der Waals surface area contributed by atoms with Crippen LogP contribution in [0.5, 0.6) is 0 Å². The standard InChI is InChI=1S/C29H27BO/c1-23-18-20-24(21-19-23)28(22-31-2)29(25-12-6-3-7-13-25)30(26-14-8-4-9-15-26)27-16-10-5-11-17-27/h3-21H,22H2,1-2H3/b29-28+. The number of rotatable bonds is 7. The third-order valence-corrected chi connectivity index (χ3v) is 5.65. The van der Waals surface area contributed by atoms with Gasteiger partial charge in [0.1, 0.15) is 0 Å². The number of aryl methyl sites for hydroxylation is 1. The van der Waals surface area contributed by atoms with E-state index >= 15 is 0 Å². The zero-order valence-electron chi connectivity index (χ0n) is 18.2. The molecule has 0 saturated carbocycles. The molecule has 0 heterocycles. The molecule has 0 unspecified atom stereocenters. The molecule has 0 saturated heterocycles. The second kappa shape index (κ2) is 10.1. The molecule has 31 heavy (non-hydrogen) atoms. The maximum Gasteiger partial charge on any atom is 0.242 e. The molecule has 0 fully saturated rings.